The lowest BCUT2D eigenvalue weighted by molar-refractivity contribution is 0.0780. The predicted molar refractivity (Wildman–Crippen MR) is 103 cm³/mol. The summed E-state index contributed by atoms with van der Waals surface area (Å²) in [5.41, 5.74) is 0. The highest BCUT2D eigenvalue weighted by atomic mass is 16.3. The Kier molecular flexibility index (Phi) is 9.82. The van der Waals surface area contributed by atoms with Crippen molar-refractivity contribution in [3.8, 4) is 0 Å². The molecular formula is C22H44O. The molecule has 138 valence electrons. The minimum absolute atomic E-state index is 0. The van der Waals surface area contributed by atoms with Crippen LogP contribution in [0.15, 0.2) is 0 Å². The largest absolute Gasteiger partial charge is 0.393 e. The summed E-state index contributed by atoms with van der Waals surface area (Å²) in [7, 11) is 0. The molecule has 0 aromatic heterocycles. The van der Waals surface area contributed by atoms with Gasteiger partial charge in [0.05, 0.1) is 6.10 Å². The van der Waals surface area contributed by atoms with Gasteiger partial charge < -0.3 is 5.11 Å². The molecule has 0 saturated heterocycles. The topological polar surface area (TPSA) is 20.2 Å². The van der Waals surface area contributed by atoms with Gasteiger partial charge in [-0.3, -0.25) is 0 Å². The zero-order valence-electron chi connectivity index (χ0n) is 15.4. The molecule has 3 aliphatic rings. The number of rotatable bonds is 1. The lowest BCUT2D eigenvalue weighted by Crippen LogP contribution is -2.26. The van der Waals surface area contributed by atoms with Crippen LogP contribution >= 0.6 is 0 Å². The van der Waals surface area contributed by atoms with Crippen molar-refractivity contribution in [1.29, 1.82) is 0 Å². The van der Waals surface area contributed by atoms with Crippen LogP contribution in [0.25, 0.3) is 0 Å². The van der Waals surface area contributed by atoms with E-state index in [1.54, 1.807) is 0 Å². The number of aliphatic hydroxyl groups is 1. The van der Waals surface area contributed by atoms with E-state index in [2.05, 4.69) is 20.8 Å². The van der Waals surface area contributed by atoms with Crippen LogP contribution in [0, 0.1) is 29.6 Å². The summed E-state index contributed by atoms with van der Waals surface area (Å²) in [6.07, 6.45) is 16.4. The molecule has 0 spiro atoms. The Morgan fingerprint density at radius 1 is 0.478 bits per heavy atom. The van der Waals surface area contributed by atoms with Gasteiger partial charge in [-0.2, -0.15) is 0 Å². The molecule has 0 aliphatic heterocycles. The number of hydrogen-bond donors (Lipinski definition) is 1. The monoisotopic (exact) mass is 324 g/mol. The SMILES string of the molecule is C.CC1CCC(C)CC1.CC1CCC(C2CCC(O)CC2)CC1. The maximum Gasteiger partial charge on any atom is 0.0540 e. The Morgan fingerprint density at radius 2 is 0.739 bits per heavy atom. The van der Waals surface area contributed by atoms with E-state index in [0.717, 1.165) is 42.4 Å². The molecule has 1 heteroatoms. The van der Waals surface area contributed by atoms with Crippen molar-refractivity contribution in [2.45, 2.75) is 111 Å². The van der Waals surface area contributed by atoms with E-state index in [1.165, 1.54) is 64.2 Å². The normalized spacial score (nSPS) is 41.2. The van der Waals surface area contributed by atoms with E-state index in [-0.39, 0.29) is 13.5 Å². The molecule has 3 aliphatic carbocycles. The molecule has 0 heterocycles. The van der Waals surface area contributed by atoms with Crippen LogP contribution in [-0.4, -0.2) is 11.2 Å². The molecule has 0 radical (unpaired) electrons. The van der Waals surface area contributed by atoms with Crippen LogP contribution in [0.3, 0.4) is 0 Å². The van der Waals surface area contributed by atoms with Crippen molar-refractivity contribution in [3.05, 3.63) is 0 Å². The van der Waals surface area contributed by atoms with Crippen molar-refractivity contribution in [1.82, 2.24) is 0 Å². The molecule has 0 amide bonds. The number of hydrogen-bond acceptors (Lipinski definition) is 1. The van der Waals surface area contributed by atoms with Gasteiger partial charge in [0.1, 0.15) is 0 Å². The summed E-state index contributed by atoms with van der Waals surface area (Å²) < 4.78 is 0. The minimum atomic E-state index is 0. The first-order valence-corrected chi connectivity index (χ1v) is 10.2. The highest BCUT2D eigenvalue weighted by Crippen LogP contribution is 2.39. The molecule has 23 heavy (non-hydrogen) atoms. The lowest BCUT2D eigenvalue weighted by atomic mass is 9.71. The van der Waals surface area contributed by atoms with Gasteiger partial charge >= 0.3 is 0 Å². The summed E-state index contributed by atoms with van der Waals surface area (Å²) in [5.74, 6) is 4.96. The third-order valence-electron chi connectivity index (χ3n) is 6.77. The average molecular weight is 325 g/mol. The van der Waals surface area contributed by atoms with Crippen LogP contribution in [0.4, 0.5) is 0 Å². The first-order chi connectivity index (χ1) is 10.5. The maximum atomic E-state index is 9.47. The second-order valence-electron chi connectivity index (χ2n) is 8.95. The quantitative estimate of drug-likeness (QED) is 0.560. The fourth-order valence-electron chi connectivity index (χ4n) is 4.76. The van der Waals surface area contributed by atoms with Crippen LogP contribution in [0.1, 0.15) is 105 Å². The molecule has 3 saturated carbocycles. The van der Waals surface area contributed by atoms with Crippen molar-refractivity contribution in [3.63, 3.8) is 0 Å². The van der Waals surface area contributed by atoms with E-state index in [9.17, 15) is 5.11 Å². The summed E-state index contributed by atoms with van der Waals surface area (Å²) in [6.45, 7) is 7.12. The molecule has 0 aromatic rings. The van der Waals surface area contributed by atoms with Crippen LogP contribution in [0.2, 0.25) is 0 Å². The van der Waals surface area contributed by atoms with E-state index >= 15 is 0 Å². The summed E-state index contributed by atoms with van der Waals surface area (Å²) in [4.78, 5) is 0. The van der Waals surface area contributed by atoms with Gasteiger partial charge in [-0.15, -0.1) is 0 Å². The van der Waals surface area contributed by atoms with E-state index in [0.29, 0.717) is 0 Å². The van der Waals surface area contributed by atoms with Gasteiger partial charge in [0.15, 0.2) is 0 Å². The fraction of sp³-hybridized carbons (Fsp3) is 1.00. The molecular weight excluding hydrogens is 280 g/mol. The highest BCUT2D eigenvalue weighted by molar-refractivity contribution is 4.80. The molecule has 1 N–H and O–H groups in total. The van der Waals surface area contributed by atoms with Gasteiger partial charge in [0.25, 0.3) is 0 Å². The standard InChI is InChI=1S/C13H24O.C8H16.CH4/c1-10-2-4-11(5-3-10)12-6-8-13(14)9-7-12;1-7-3-5-8(2)6-4-7;/h10-14H,2-9H2,1H3;7-8H,3-6H2,1-2H3;1H4. The van der Waals surface area contributed by atoms with Crippen molar-refractivity contribution >= 4 is 0 Å². The zero-order chi connectivity index (χ0) is 15.9. The summed E-state index contributed by atoms with van der Waals surface area (Å²) >= 11 is 0. The second-order valence-corrected chi connectivity index (χ2v) is 8.95. The minimum Gasteiger partial charge on any atom is -0.393 e. The fourth-order valence-corrected chi connectivity index (χ4v) is 4.76. The Hall–Kier alpha value is -0.0400. The van der Waals surface area contributed by atoms with Gasteiger partial charge in [0.2, 0.25) is 0 Å². The Balaban J connectivity index is 0.000000253. The molecule has 0 aromatic carbocycles. The Bertz CT molecular complexity index is 246. The molecule has 1 nitrogen and oxygen atoms in total. The average Bonchev–Trinajstić information content (AvgIpc) is 2.53. The molecule has 0 atom stereocenters. The predicted octanol–water partition coefficient (Wildman–Crippen LogP) is 6.83. The number of aliphatic hydroxyl groups excluding tert-OH is 1. The van der Waals surface area contributed by atoms with Crippen LogP contribution in [0.5, 0.6) is 0 Å². The third-order valence-corrected chi connectivity index (χ3v) is 6.77. The third kappa shape index (κ3) is 7.59. The first-order valence-electron chi connectivity index (χ1n) is 10.2. The van der Waals surface area contributed by atoms with Gasteiger partial charge in [-0.25, -0.2) is 0 Å². The smallest absolute Gasteiger partial charge is 0.0540 e. The van der Waals surface area contributed by atoms with Gasteiger partial charge in [-0.1, -0.05) is 66.7 Å². The molecule has 0 unspecified atom stereocenters. The van der Waals surface area contributed by atoms with Crippen molar-refractivity contribution in [2.24, 2.45) is 29.6 Å². The van der Waals surface area contributed by atoms with Crippen molar-refractivity contribution < 1.29 is 5.11 Å². The summed E-state index contributed by atoms with van der Waals surface area (Å²) in [6, 6.07) is 0. The Morgan fingerprint density at radius 3 is 1.09 bits per heavy atom. The van der Waals surface area contributed by atoms with Gasteiger partial charge in [-0.05, 0) is 68.1 Å². The van der Waals surface area contributed by atoms with E-state index < -0.39 is 0 Å². The zero-order valence-corrected chi connectivity index (χ0v) is 15.4. The second kappa shape index (κ2) is 10.7. The lowest BCUT2D eigenvalue weighted by Gasteiger charge is -2.36. The van der Waals surface area contributed by atoms with Crippen LogP contribution in [-0.2, 0) is 0 Å². The molecule has 0 bridgehead atoms. The maximum absolute atomic E-state index is 9.47. The molecule has 3 rings (SSSR count). The van der Waals surface area contributed by atoms with E-state index in [4.69, 9.17) is 0 Å². The first kappa shape index (κ1) is 21.0. The van der Waals surface area contributed by atoms with Gasteiger partial charge in [0, 0.05) is 0 Å². The summed E-state index contributed by atoms with van der Waals surface area (Å²) in [5, 5.41) is 9.47. The van der Waals surface area contributed by atoms with Crippen molar-refractivity contribution in [2.75, 3.05) is 0 Å². The highest BCUT2D eigenvalue weighted by Gasteiger charge is 2.29. The Labute approximate surface area is 146 Å². The van der Waals surface area contributed by atoms with Crippen LogP contribution < -0.4 is 0 Å². The van der Waals surface area contributed by atoms with E-state index in [1.807, 2.05) is 0 Å². The molecule has 3 fully saturated rings.